The van der Waals surface area contributed by atoms with Crippen LogP contribution < -0.4 is 0 Å². The van der Waals surface area contributed by atoms with Crippen LogP contribution in [0.2, 0.25) is 18.1 Å². The zero-order valence-corrected chi connectivity index (χ0v) is 16.8. The van der Waals surface area contributed by atoms with Crippen LogP contribution >= 0.6 is 0 Å². The van der Waals surface area contributed by atoms with Gasteiger partial charge in [-0.25, -0.2) is 0 Å². The zero-order chi connectivity index (χ0) is 16.9. The van der Waals surface area contributed by atoms with E-state index in [1.807, 2.05) is 0 Å². The highest BCUT2D eigenvalue weighted by Crippen LogP contribution is 2.36. The molecule has 0 atom stereocenters. The molecule has 0 fully saturated rings. The Labute approximate surface area is 133 Å². The molecule has 0 aliphatic carbocycles. The molecular formula is C17H37NO2Si. The number of hydrogen-bond acceptors (Lipinski definition) is 3. The van der Waals surface area contributed by atoms with E-state index in [2.05, 4.69) is 73.3 Å². The summed E-state index contributed by atoms with van der Waals surface area (Å²) < 4.78 is 12.2. The first-order chi connectivity index (χ1) is 9.22. The molecule has 0 unspecified atom stereocenters. The molecule has 21 heavy (non-hydrogen) atoms. The first kappa shape index (κ1) is 20.8. The summed E-state index contributed by atoms with van der Waals surface area (Å²) in [6, 6.07) is 0. The highest BCUT2D eigenvalue weighted by molar-refractivity contribution is 6.74. The van der Waals surface area contributed by atoms with Crippen LogP contribution in [-0.4, -0.2) is 39.4 Å². The van der Waals surface area contributed by atoms with E-state index in [0.717, 1.165) is 19.4 Å². The van der Waals surface area contributed by atoms with Crippen LogP contribution in [0.25, 0.3) is 0 Å². The minimum Gasteiger partial charge on any atom is -0.417 e. The summed E-state index contributed by atoms with van der Waals surface area (Å²) in [5.74, 6) is 0. The van der Waals surface area contributed by atoms with Gasteiger partial charge in [0.15, 0.2) is 8.32 Å². The van der Waals surface area contributed by atoms with E-state index in [1.165, 1.54) is 0 Å². The number of nitrogens with zero attached hydrogens (tertiary/aromatic N) is 1. The van der Waals surface area contributed by atoms with E-state index < -0.39 is 8.32 Å². The van der Waals surface area contributed by atoms with Crippen molar-refractivity contribution in [2.24, 2.45) is 4.99 Å². The maximum Gasteiger partial charge on any atom is 0.191 e. The third-order valence-corrected chi connectivity index (χ3v) is 9.15. The van der Waals surface area contributed by atoms with Crippen LogP contribution in [0, 0.1) is 0 Å². The minimum atomic E-state index is -1.65. The molecule has 126 valence electrons. The highest BCUT2D eigenvalue weighted by Gasteiger charge is 2.37. The first-order valence-electron chi connectivity index (χ1n) is 7.98. The van der Waals surface area contributed by atoms with Crippen LogP contribution in [0.5, 0.6) is 0 Å². The molecule has 0 aromatic carbocycles. The fourth-order valence-electron chi connectivity index (χ4n) is 1.50. The molecule has 3 nitrogen and oxygen atoms in total. The predicted molar refractivity (Wildman–Crippen MR) is 96.0 cm³/mol. The number of rotatable bonds is 9. The van der Waals surface area contributed by atoms with Crippen molar-refractivity contribution < 1.29 is 9.16 Å². The topological polar surface area (TPSA) is 30.8 Å². The van der Waals surface area contributed by atoms with Crippen molar-refractivity contribution in [3.05, 3.63) is 0 Å². The minimum absolute atomic E-state index is 0.103. The molecule has 0 aromatic heterocycles. The Kier molecular flexibility index (Phi) is 7.31. The Morgan fingerprint density at radius 3 is 1.86 bits per heavy atom. The Morgan fingerprint density at radius 1 is 0.905 bits per heavy atom. The van der Waals surface area contributed by atoms with E-state index in [1.54, 1.807) is 0 Å². The van der Waals surface area contributed by atoms with E-state index in [-0.39, 0.29) is 16.2 Å². The Hall–Kier alpha value is -0.193. The van der Waals surface area contributed by atoms with Crippen molar-refractivity contribution in [2.75, 3.05) is 13.2 Å². The second-order valence-electron chi connectivity index (χ2n) is 8.69. The van der Waals surface area contributed by atoms with Crippen LogP contribution in [0.15, 0.2) is 4.99 Å². The normalized spacial score (nSPS) is 14.3. The summed E-state index contributed by atoms with van der Waals surface area (Å²) in [5.41, 5.74) is -0.257. The van der Waals surface area contributed by atoms with Crippen molar-refractivity contribution >= 4 is 15.0 Å². The smallest absolute Gasteiger partial charge is 0.191 e. The second kappa shape index (κ2) is 7.38. The third kappa shape index (κ3) is 8.12. The summed E-state index contributed by atoms with van der Waals surface area (Å²) in [6.45, 7) is 24.9. The molecule has 0 saturated heterocycles. The van der Waals surface area contributed by atoms with Crippen molar-refractivity contribution in [3.63, 3.8) is 0 Å². The fourth-order valence-corrected chi connectivity index (χ4v) is 2.54. The molecule has 0 heterocycles. The first-order valence-corrected chi connectivity index (χ1v) is 10.9. The van der Waals surface area contributed by atoms with E-state index in [0.29, 0.717) is 6.61 Å². The average molecular weight is 316 g/mol. The summed E-state index contributed by atoms with van der Waals surface area (Å²) in [7, 11) is -1.65. The monoisotopic (exact) mass is 315 g/mol. The van der Waals surface area contributed by atoms with Gasteiger partial charge < -0.3 is 9.16 Å². The van der Waals surface area contributed by atoms with Crippen LogP contribution in [0.3, 0.4) is 0 Å². The molecule has 0 aromatic rings. The quantitative estimate of drug-likeness (QED) is 0.439. The van der Waals surface area contributed by atoms with E-state index in [4.69, 9.17) is 9.16 Å². The fraction of sp³-hybridized carbons (Fsp3) is 0.941. The molecule has 0 saturated carbocycles. The third-order valence-electron chi connectivity index (χ3n) is 4.61. The molecule has 0 spiro atoms. The van der Waals surface area contributed by atoms with Gasteiger partial charge in [0.25, 0.3) is 0 Å². The van der Waals surface area contributed by atoms with Gasteiger partial charge in [-0.15, -0.1) is 0 Å². The average Bonchev–Trinajstić information content (AvgIpc) is 2.26. The highest BCUT2D eigenvalue weighted by atomic mass is 28.4. The molecule has 4 heteroatoms. The maximum atomic E-state index is 6.23. The maximum absolute atomic E-state index is 6.23. The standard InChI is InChI=1S/C17H37NO2Si/c1-15(2,3)21(9,10)20-14-12-17(6,7)19-13-11-16(4,5)18-8/h8,11-14H2,1-7,9-10H3. The lowest BCUT2D eigenvalue weighted by Crippen LogP contribution is -2.42. The SMILES string of the molecule is C=NC(C)(C)CCOC(C)(C)CCO[Si](C)(C)C(C)(C)C. The molecule has 0 amide bonds. The van der Waals surface area contributed by atoms with Crippen molar-refractivity contribution in [1.82, 2.24) is 0 Å². The molecule has 0 aliphatic heterocycles. The van der Waals surface area contributed by atoms with Crippen LogP contribution in [0.4, 0.5) is 0 Å². The summed E-state index contributed by atoms with van der Waals surface area (Å²) in [4.78, 5) is 4.11. The Bertz CT molecular complexity index is 330. The van der Waals surface area contributed by atoms with Gasteiger partial charge in [-0.3, -0.25) is 4.99 Å². The number of ether oxygens (including phenoxy) is 1. The molecule has 0 bridgehead atoms. The lowest BCUT2D eigenvalue weighted by atomic mass is 10.0. The number of hydrogen-bond donors (Lipinski definition) is 0. The lowest BCUT2D eigenvalue weighted by molar-refractivity contribution is -0.0366. The van der Waals surface area contributed by atoms with Crippen molar-refractivity contribution in [1.29, 1.82) is 0 Å². The Morgan fingerprint density at radius 2 is 1.43 bits per heavy atom. The van der Waals surface area contributed by atoms with E-state index >= 15 is 0 Å². The van der Waals surface area contributed by atoms with Crippen molar-refractivity contribution in [3.8, 4) is 0 Å². The second-order valence-corrected chi connectivity index (χ2v) is 13.5. The van der Waals surface area contributed by atoms with Gasteiger partial charge in [-0.05, 0) is 65.4 Å². The van der Waals surface area contributed by atoms with Crippen LogP contribution in [-0.2, 0) is 9.16 Å². The number of aliphatic imine (C=N–C) groups is 1. The largest absolute Gasteiger partial charge is 0.417 e. The van der Waals surface area contributed by atoms with Gasteiger partial charge in [0.1, 0.15) is 0 Å². The molecule has 0 N–H and O–H groups in total. The van der Waals surface area contributed by atoms with Gasteiger partial charge in [-0.1, -0.05) is 20.8 Å². The lowest BCUT2D eigenvalue weighted by Gasteiger charge is -2.37. The summed E-state index contributed by atoms with van der Waals surface area (Å²) in [5, 5.41) is 0.262. The van der Waals surface area contributed by atoms with Gasteiger partial charge in [-0.2, -0.15) is 0 Å². The van der Waals surface area contributed by atoms with Crippen LogP contribution in [0.1, 0.15) is 61.3 Å². The van der Waals surface area contributed by atoms with Gasteiger partial charge in [0, 0.05) is 13.2 Å². The molecule has 0 radical (unpaired) electrons. The van der Waals surface area contributed by atoms with Gasteiger partial charge >= 0.3 is 0 Å². The molecular weight excluding hydrogens is 278 g/mol. The summed E-state index contributed by atoms with van der Waals surface area (Å²) in [6.07, 6.45) is 1.81. The Balaban J connectivity index is 4.17. The summed E-state index contributed by atoms with van der Waals surface area (Å²) >= 11 is 0. The predicted octanol–water partition coefficient (Wildman–Crippen LogP) is 5.06. The molecule has 0 aliphatic rings. The molecule has 0 rings (SSSR count). The van der Waals surface area contributed by atoms with Gasteiger partial charge in [0.05, 0.1) is 11.1 Å². The van der Waals surface area contributed by atoms with Gasteiger partial charge in [0.2, 0.25) is 0 Å². The van der Waals surface area contributed by atoms with Crippen molar-refractivity contribution in [2.45, 2.75) is 90.6 Å². The zero-order valence-electron chi connectivity index (χ0n) is 15.8. The van der Waals surface area contributed by atoms with E-state index in [9.17, 15) is 0 Å².